The second kappa shape index (κ2) is 14.5. The lowest BCUT2D eigenvalue weighted by Crippen LogP contribution is -2.58. The van der Waals surface area contributed by atoms with Crippen molar-refractivity contribution in [1.29, 1.82) is 0 Å². The predicted molar refractivity (Wildman–Crippen MR) is 140 cm³/mol. The fourth-order valence-electron chi connectivity index (χ4n) is 3.63. The van der Waals surface area contributed by atoms with E-state index in [2.05, 4.69) is 16.0 Å². The molecule has 0 spiro atoms. The standard InChI is InChI=1S/C27H35N5O6/c1-16(2)23(29)26(36)31-20(14-18-11-7-4-8-12-18)24(34)30-19(13-17-9-5-3-6-10-17)25(35)32-21(27(37)38)15-22(28)33/h3-12,16,19-21,23H,13-15,29H2,1-2H3,(H2,28,33)(H,30,34)(H,31,36)(H,32,35)(H,37,38). The van der Waals surface area contributed by atoms with Gasteiger partial charge in [0.1, 0.15) is 18.1 Å². The van der Waals surface area contributed by atoms with Crippen LogP contribution in [0.1, 0.15) is 31.4 Å². The molecule has 2 aromatic carbocycles. The maximum atomic E-state index is 13.4. The summed E-state index contributed by atoms with van der Waals surface area (Å²) in [4.78, 5) is 62.1. The minimum absolute atomic E-state index is 0.0266. The van der Waals surface area contributed by atoms with Gasteiger partial charge in [-0.15, -0.1) is 0 Å². The summed E-state index contributed by atoms with van der Waals surface area (Å²) in [6, 6.07) is 13.1. The molecule has 0 bridgehead atoms. The molecule has 0 heterocycles. The second-order valence-electron chi connectivity index (χ2n) is 9.34. The lowest BCUT2D eigenvalue weighted by Gasteiger charge is -2.26. The van der Waals surface area contributed by atoms with Gasteiger partial charge in [0, 0.05) is 12.8 Å². The largest absolute Gasteiger partial charge is 0.480 e. The Morgan fingerprint density at radius 3 is 1.47 bits per heavy atom. The van der Waals surface area contributed by atoms with E-state index in [1.807, 2.05) is 6.07 Å². The number of nitrogens with two attached hydrogens (primary N) is 2. The average molecular weight is 526 g/mol. The van der Waals surface area contributed by atoms with Gasteiger partial charge in [-0.25, -0.2) is 4.79 Å². The fraction of sp³-hybridized carbons (Fsp3) is 0.370. The van der Waals surface area contributed by atoms with Crippen LogP contribution in [0.15, 0.2) is 60.7 Å². The van der Waals surface area contributed by atoms with Crippen molar-refractivity contribution < 1.29 is 29.1 Å². The number of carbonyl (C=O) groups excluding carboxylic acids is 4. The van der Waals surface area contributed by atoms with Crippen LogP contribution in [0.5, 0.6) is 0 Å². The van der Waals surface area contributed by atoms with Crippen LogP contribution in [-0.2, 0) is 36.8 Å². The van der Waals surface area contributed by atoms with Gasteiger partial charge in [-0.05, 0) is 17.0 Å². The zero-order valence-electron chi connectivity index (χ0n) is 21.4. The van der Waals surface area contributed by atoms with Crippen LogP contribution in [0, 0.1) is 5.92 Å². The third-order valence-corrected chi connectivity index (χ3v) is 5.87. The molecule has 4 unspecified atom stereocenters. The normalized spacial score (nSPS) is 14.0. The van der Waals surface area contributed by atoms with Crippen LogP contribution in [0.2, 0.25) is 0 Å². The molecule has 0 saturated carbocycles. The number of benzene rings is 2. The molecule has 204 valence electrons. The van der Waals surface area contributed by atoms with Gasteiger partial charge in [0.25, 0.3) is 0 Å². The Morgan fingerprint density at radius 1 is 0.711 bits per heavy atom. The Kier molecular flexibility index (Phi) is 11.4. The number of aliphatic carboxylic acids is 1. The fourth-order valence-corrected chi connectivity index (χ4v) is 3.63. The molecule has 0 aromatic heterocycles. The van der Waals surface area contributed by atoms with Crippen LogP contribution >= 0.6 is 0 Å². The van der Waals surface area contributed by atoms with Crippen LogP contribution in [-0.4, -0.2) is 58.9 Å². The highest BCUT2D eigenvalue weighted by atomic mass is 16.4. The molecule has 0 aliphatic rings. The highest BCUT2D eigenvalue weighted by Gasteiger charge is 2.31. The van der Waals surface area contributed by atoms with Crippen molar-refractivity contribution >= 4 is 29.6 Å². The summed E-state index contributed by atoms with van der Waals surface area (Å²) >= 11 is 0. The van der Waals surface area contributed by atoms with Crippen molar-refractivity contribution in [2.75, 3.05) is 0 Å². The molecule has 4 amide bonds. The molecule has 0 saturated heterocycles. The number of hydrogen-bond donors (Lipinski definition) is 6. The third-order valence-electron chi connectivity index (χ3n) is 5.87. The van der Waals surface area contributed by atoms with E-state index in [4.69, 9.17) is 11.5 Å². The lowest BCUT2D eigenvalue weighted by molar-refractivity contribution is -0.143. The molecule has 11 heteroatoms. The van der Waals surface area contributed by atoms with Crippen molar-refractivity contribution in [3.05, 3.63) is 71.8 Å². The van der Waals surface area contributed by atoms with Gasteiger partial charge in [-0.3, -0.25) is 19.2 Å². The summed E-state index contributed by atoms with van der Waals surface area (Å²) in [7, 11) is 0. The van der Waals surface area contributed by atoms with Crippen molar-refractivity contribution in [1.82, 2.24) is 16.0 Å². The van der Waals surface area contributed by atoms with Gasteiger partial charge in [0.05, 0.1) is 12.5 Å². The second-order valence-corrected chi connectivity index (χ2v) is 9.34. The first-order chi connectivity index (χ1) is 18.0. The van der Waals surface area contributed by atoms with Gasteiger partial charge in [0.2, 0.25) is 23.6 Å². The first-order valence-corrected chi connectivity index (χ1v) is 12.2. The molecule has 0 aliphatic heterocycles. The van der Waals surface area contributed by atoms with Crippen molar-refractivity contribution in [2.45, 2.75) is 57.3 Å². The number of carboxylic acids is 1. The van der Waals surface area contributed by atoms with E-state index in [1.54, 1.807) is 68.4 Å². The number of rotatable bonds is 14. The molecular weight excluding hydrogens is 490 g/mol. The topological polar surface area (TPSA) is 194 Å². The van der Waals surface area contributed by atoms with E-state index in [0.717, 1.165) is 5.56 Å². The van der Waals surface area contributed by atoms with E-state index in [-0.39, 0.29) is 18.8 Å². The Morgan fingerprint density at radius 2 is 1.11 bits per heavy atom. The summed E-state index contributed by atoms with van der Waals surface area (Å²) in [5.41, 5.74) is 12.6. The minimum Gasteiger partial charge on any atom is -0.480 e. The Bertz CT molecular complexity index is 1110. The van der Waals surface area contributed by atoms with Gasteiger partial charge in [0.15, 0.2) is 0 Å². The van der Waals surface area contributed by atoms with Gasteiger partial charge in [-0.1, -0.05) is 74.5 Å². The molecule has 2 rings (SSSR count). The maximum absolute atomic E-state index is 13.4. The Balaban J connectivity index is 2.31. The zero-order chi connectivity index (χ0) is 28.2. The summed E-state index contributed by atoms with van der Waals surface area (Å²) in [5, 5.41) is 17.0. The predicted octanol–water partition coefficient (Wildman–Crippen LogP) is -0.130. The van der Waals surface area contributed by atoms with Crippen LogP contribution in [0.25, 0.3) is 0 Å². The quantitative estimate of drug-likeness (QED) is 0.198. The molecule has 0 aliphatic carbocycles. The Hall–Kier alpha value is -4.25. The van der Waals surface area contributed by atoms with E-state index >= 15 is 0 Å². The van der Waals surface area contributed by atoms with Crippen LogP contribution < -0.4 is 27.4 Å². The third kappa shape index (κ3) is 9.66. The molecule has 0 fully saturated rings. The smallest absolute Gasteiger partial charge is 0.326 e. The molecular formula is C27H35N5O6. The number of amides is 4. The van der Waals surface area contributed by atoms with Gasteiger partial charge < -0.3 is 32.5 Å². The van der Waals surface area contributed by atoms with Crippen molar-refractivity contribution in [3.63, 3.8) is 0 Å². The highest BCUT2D eigenvalue weighted by molar-refractivity contribution is 5.95. The van der Waals surface area contributed by atoms with Gasteiger partial charge in [-0.2, -0.15) is 0 Å². The van der Waals surface area contributed by atoms with E-state index in [1.165, 1.54) is 0 Å². The molecule has 2 aromatic rings. The highest BCUT2D eigenvalue weighted by Crippen LogP contribution is 2.09. The summed E-state index contributed by atoms with van der Waals surface area (Å²) in [6.07, 6.45) is -0.464. The van der Waals surface area contributed by atoms with E-state index in [0.29, 0.717) is 5.56 Å². The Labute approximate surface area is 221 Å². The lowest BCUT2D eigenvalue weighted by atomic mass is 10.0. The monoisotopic (exact) mass is 525 g/mol. The van der Waals surface area contributed by atoms with Crippen LogP contribution in [0.3, 0.4) is 0 Å². The zero-order valence-corrected chi connectivity index (χ0v) is 21.4. The molecule has 11 nitrogen and oxygen atoms in total. The van der Waals surface area contributed by atoms with E-state index < -0.39 is 60.2 Å². The number of hydrogen-bond acceptors (Lipinski definition) is 6. The maximum Gasteiger partial charge on any atom is 0.326 e. The first-order valence-electron chi connectivity index (χ1n) is 12.2. The van der Waals surface area contributed by atoms with Crippen molar-refractivity contribution in [2.24, 2.45) is 17.4 Å². The number of primary amides is 1. The number of carbonyl (C=O) groups is 5. The molecule has 4 atom stereocenters. The average Bonchev–Trinajstić information content (AvgIpc) is 2.87. The summed E-state index contributed by atoms with van der Waals surface area (Å²) in [5.74, 6) is -4.53. The van der Waals surface area contributed by atoms with Crippen LogP contribution in [0.4, 0.5) is 0 Å². The minimum atomic E-state index is -1.57. The number of carboxylic acid groups (broad SMARTS) is 1. The first kappa shape index (κ1) is 30.0. The SMILES string of the molecule is CC(C)C(N)C(=O)NC(Cc1ccccc1)C(=O)NC(Cc1ccccc1)C(=O)NC(CC(N)=O)C(=O)O. The van der Waals surface area contributed by atoms with Crippen molar-refractivity contribution in [3.8, 4) is 0 Å². The number of nitrogens with one attached hydrogen (secondary N) is 3. The van der Waals surface area contributed by atoms with Gasteiger partial charge >= 0.3 is 5.97 Å². The summed E-state index contributed by atoms with van der Waals surface area (Å²) in [6.45, 7) is 3.56. The van der Waals surface area contributed by atoms with E-state index in [9.17, 15) is 29.1 Å². The summed E-state index contributed by atoms with van der Waals surface area (Å²) < 4.78 is 0. The molecule has 0 radical (unpaired) electrons. The molecule has 38 heavy (non-hydrogen) atoms. The molecule has 8 N–H and O–H groups in total.